The van der Waals surface area contributed by atoms with Gasteiger partial charge in [0.1, 0.15) is 29.4 Å². The molecule has 1 amide bonds. The molecule has 9 heteroatoms. The van der Waals surface area contributed by atoms with Crippen molar-refractivity contribution in [3.05, 3.63) is 66.2 Å². The van der Waals surface area contributed by atoms with Crippen LogP contribution in [0.1, 0.15) is 10.5 Å². The lowest BCUT2D eigenvalue weighted by Gasteiger charge is -2.08. The number of carbonyl (C=O) groups is 1. The topological polar surface area (TPSA) is 89.7 Å². The van der Waals surface area contributed by atoms with Gasteiger partial charge in [0.15, 0.2) is 0 Å². The molecule has 4 rings (SSSR count). The Labute approximate surface area is 165 Å². The van der Waals surface area contributed by atoms with E-state index in [1.54, 1.807) is 23.1 Å². The maximum Gasteiger partial charge on any atom is 0.269 e. The maximum atomic E-state index is 12.4. The van der Waals surface area contributed by atoms with E-state index < -0.39 is 0 Å². The Balaban J connectivity index is 1.31. The van der Waals surface area contributed by atoms with Crippen LogP contribution in [0.5, 0.6) is 0 Å². The number of thiophene rings is 1. The summed E-state index contributed by atoms with van der Waals surface area (Å²) in [6.45, 7) is 1.00. The van der Waals surface area contributed by atoms with Crippen molar-refractivity contribution in [2.75, 3.05) is 18.4 Å². The Hall–Kier alpha value is -3.46. The molecule has 0 spiro atoms. The molecule has 0 fully saturated rings. The number of hydrogen-bond donors (Lipinski definition) is 2. The molecule has 0 saturated heterocycles. The molecule has 0 aromatic carbocycles. The molecule has 142 valence electrons. The lowest BCUT2D eigenvalue weighted by atomic mass is 10.3. The van der Waals surface area contributed by atoms with E-state index in [-0.39, 0.29) is 5.91 Å². The van der Waals surface area contributed by atoms with Crippen molar-refractivity contribution < 1.29 is 4.79 Å². The van der Waals surface area contributed by atoms with Gasteiger partial charge in [-0.25, -0.2) is 9.97 Å². The van der Waals surface area contributed by atoms with Crippen LogP contribution in [0.25, 0.3) is 16.4 Å². The van der Waals surface area contributed by atoms with Gasteiger partial charge in [-0.3, -0.25) is 9.48 Å². The van der Waals surface area contributed by atoms with E-state index >= 15 is 0 Å². The van der Waals surface area contributed by atoms with Gasteiger partial charge in [-0.05, 0) is 29.6 Å². The highest BCUT2D eigenvalue weighted by atomic mass is 32.1. The normalized spacial score (nSPS) is 10.8. The first kappa shape index (κ1) is 17.9. The van der Waals surface area contributed by atoms with Crippen molar-refractivity contribution in [1.29, 1.82) is 0 Å². The van der Waals surface area contributed by atoms with Crippen LogP contribution in [-0.4, -0.2) is 43.3 Å². The first-order valence-electron chi connectivity index (χ1n) is 8.76. The van der Waals surface area contributed by atoms with E-state index in [0.29, 0.717) is 24.6 Å². The van der Waals surface area contributed by atoms with E-state index in [9.17, 15) is 4.79 Å². The predicted octanol–water partition coefficient (Wildman–Crippen LogP) is 2.57. The molecule has 4 heterocycles. The highest BCUT2D eigenvalue weighted by molar-refractivity contribution is 7.13. The van der Waals surface area contributed by atoms with Gasteiger partial charge in [0.25, 0.3) is 5.91 Å². The van der Waals surface area contributed by atoms with E-state index in [1.165, 1.54) is 6.33 Å². The monoisotopic (exact) mass is 393 g/mol. The lowest BCUT2D eigenvalue weighted by molar-refractivity contribution is 0.0946. The molecule has 0 aliphatic heterocycles. The average Bonchev–Trinajstić information content (AvgIpc) is 3.46. The van der Waals surface area contributed by atoms with Gasteiger partial charge in [-0.2, -0.15) is 5.10 Å². The summed E-state index contributed by atoms with van der Waals surface area (Å²) in [5, 5.41) is 12.5. The Bertz CT molecular complexity index is 1050. The molecule has 8 nitrogen and oxygen atoms in total. The fourth-order valence-corrected chi connectivity index (χ4v) is 3.44. The Kier molecular flexibility index (Phi) is 5.16. The number of amides is 1. The van der Waals surface area contributed by atoms with Crippen LogP contribution in [0.2, 0.25) is 0 Å². The average molecular weight is 393 g/mol. The van der Waals surface area contributed by atoms with Gasteiger partial charge < -0.3 is 15.2 Å². The Morgan fingerprint density at radius 1 is 1.14 bits per heavy atom. The van der Waals surface area contributed by atoms with Crippen molar-refractivity contribution in [3.8, 4) is 16.4 Å². The summed E-state index contributed by atoms with van der Waals surface area (Å²) in [6, 6.07) is 11.5. The van der Waals surface area contributed by atoms with E-state index in [0.717, 1.165) is 16.4 Å². The van der Waals surface area contributed by atoms with Crippen molar-refractivity contribution in [3.63, 3.8) is 0 Å². The van der Waals surface area contributed by atoms with Crippen LogP contribution in [0.15, 0.2) is 60.5 Å². The minimum Gasteiger partial charge on any atom is -0.368 e. The molecule has 2 N–H and O–H groups in total. The number of rotatable bonds is 7. The minimum atomic E-state index is -0.157. The number of hydrogen-bond acceptors (Lipinski definition) is 6. The molecular formula is C19H19N7OS. The minimum absolute atomic E-state index is 0.157. The van der Waals surface area contributed by atoms with Crippen LogP contribution < -0.4 is 10.6 Å². The van der Waals surface area contributed by atoms with Crippen LogP contribution in [0.3, 0.4) is 0 Å². The number of anilines is 1. The second-order valence-corrected chi connectivity index (χ2v) is 7.00. The predicted molar refractivity (Wildman–Crippen MR) is 109 cm³/mol. The summed E-state index contributed by atoms with van der Waals surface area (Å²) in [5.74, 6) is 1.33. The van der Waals surface area contributed by atoms with Crippen LogP contribution in [0, 0.1) is 0 Å². The molecule has 0 radical (unpaired) electrons. The molecule has 28 heavy (non-hydrogen) atoms. The largest absolute Gasteiger partial charge is 0.368 e. The van der Waals surface area contributed by atoms with Crippen LogP contribution >= 0.6 is 11.3 Å². The van der Waals surface area contributed by atoms with Crippen molar-refractivity contribution in [1.82, 2.24) is 29.6 Å². The number of aryl methyl sites for hydroxylation is 1. The molecule has 0 aliphatic carbocycles. The van der Waals surface area contributed by atoms with Gasteiger partial charge in [0.05, 0.1) is 4.88 Å². The standard InChI is InChI=1S/C19H19N7OS/c1-25-15(11-14(24-25)16-5-4-10-28-16)19(27)21-7-6-20-17-12-18(23-13-22-17)26-8-2-3-9-26/h2-5,8-13H,6-7H2,1H3,(H,21,27)(H,20,22,23). The second-order valence-electron chi connectivity index (χ2n) is 6.05. The summed E-state index contributed by atoms with van der Waals surface area (Å²) >= 11 is 1.60. The summed E-state index contributed by atoms with van der Waals surface area (Å²) in [6.07, 6.45) is 5.35. The van der Waals surface area contributed by atoms with Gasteiger partial charge in [0, 0.05) is 38.6 Å². The maximum absolute atomic E-state index is 12.4. The number of carbonyl (C=O) groups excluding carboxylic acids is 1. The Morgan fingerprint density at radius 2 is 2.00 bits per heavy atom. The fourth-order valence-electron chi connectivity index (χ4n) is 2.75. The summed E-state index contributed by atoms with van der Waals surface area (Å²) in [4.78, 5) is 21.9. The fraction of sp³-hybridized carbons (Fsp3) is 0.158. The highest BCUT2D eigenvalue weighted by Gasteiger charge is 2.14. The highest BCUT2D eigenvalue weighted by Crippen LogP contribution is 2.23. The third-order valence-corrected chi connectivity index (χ3v) is 5.02. The number of aromatic nitrogens is 5. The summed E-state index contributed by atoms with van der Waals surface area (Å²) in [7, 11) is 1.77. The van der Waals surface area contributed by atoms with Crippen LogP contribution in [-0.2, 0) is 7.05 Å². The molecule has 4 aromatic rings. The summed E-state index contributed by atoms with van der Waals surface area (Å²) in [5.41, 5.74) is 1.33. The zero-order valence-electron chi connectivity index (χ0n) is 15.2. The van der Waals surface area contributed by atoms with E-state index in [1.807, 2.05) is 58.7 Å². The van der Waals surface area contributed by atoms with Gasteiger partial charge in [-0.15, -0.1) is 11.3 Å². The van der Waals surface area contributed by atoms with E-state index in [4.69, 9.17) is 0 Å². The Morgan fingerprint density at radius 3 is 2.79 bits per heavy atom. The molecule has 0 bridgehead atoms. The molecule has 0 aliphatic rings. The van der Waals surface area contributed by atoms with Crippen molar-refractivity contribution in [2.45, 2.75) is 0 Å². The molecule has 0 saturated carbocycles. The third kappa shape index (κ3) is 3.94. The molecular weight excluding hydrogens is 374 g/mol. The number of nitrogens with one attached hydrogen (secondary N) is 2. The second kappa shape index (κ2) is 8.05. The third-order valence-electron chi connectivity index (χ3n) is 4.12. The summed E-state index contributed by atoms with van der Waals surface area (Å²) < 4.78 is 3.51. The van der Waals surface area contributed by atoms with Gasteiger partial charge >= 0.3 is 0 Å². The molecule has 4 aromatic heterocycles. The van der Waals surface area contributed by atoms with Gasteiger partial charge in [0.2, 0.25) is 0 Å². The quantitative estimate of drug-likeness (QED) is 0.471. The smallest absolute Gasteiger partial charge is 0.269 e. The zero-order chi connectivity index (χ0) is 19.3. The molecule has 0 atom stereocenters. The molecule has 0 unspecified atom stereocenters. The first-order chi connectivity index (χ1) is 13.7. The van der Waals surface area contributed by atoms with Gasteiger partial charge in [-0.1, -0.05) is 6.07 Å². The zero-order valence-corrected chi connectivity index (χ0v) is 16.1. The lowest BCUT2D eigenvalue weighted by Crippen LogP contribution is -2.30. The van der Waals surface area contributed by atoms with E-state index in [2.05, 4.69) is 25.7 Å². The van der Waals surface area contributed by atoms with Crippen molar-refractivity contribution >= 4 is 23.1 Å². The first-order valence-corrected chi connectivity index (χ1v) is 9.64. The SMILES string of the molecule is Cn1nc(-c2cccs2)cc1C(=O)NCCNc1cc(-n2cccc2)ncn1. The van der Waals surface area contributed by atoms with Crippen LogP contribution in [0.4, 0.5) is 5.82 Å². The van der Waals surface area contributed by atoms with Crippen molar-refractivity contribution in [2.24, 2.45) is 7.05 Å². The number of nitrogens with zero attached hydrogens (tertiary/aromatic N) is 5.